The Hall–Kier alpha value is -1.58. The van der Waals surface area contributed by atoms with E-state index in [1.807, 2.05) is 6.92 Å². The molecule has 0 bridgehead atoms. The van der Waals surface area contributed by atoms with Crippen molar-refractivity contribution in [3.8, 4) is 0 Å². The number of carboxylic acid groups (broad SMARTS) is 1. The van der Waals surface area contributed by atoms with Gasteiger partial charge in [-0.1, -0.05) is 12.8 Å². The second kappa shape index (κ2) is 4.35. The van der Waals surface area contributed by atoms with Gasteiger partial charge in [-0.15, -0.1) is 0 Å². The number of aryl methyl sites for hydroxylation is 2. The summed E-state index contributed by atoms with van der Waals surface area (Å²) in [6.45, 7) is 3.58. The zero-order valence-corrected chi connectivity index (χ0v) is 10.3. The third-order valence-electron chi connectivity index (χ3n) is 3.62. The van der Waals surface area contributed by atoms with Crippen molar-refractivity contribution in [1.29, 1.82) is 0 Å². The SMILES string of the molecule is Cc1nc(C)c(C(=O)O)c(C2CCCC2)c1N. The Kier molecular flexibility index (Phi) is 3.05. The molecule has 0 unspecified atom stereocenters. The highest BCUT2D eigenvalue weighted by atomic mass is 16.4. The molecular formula is C13H18N2O2. The molecule has 1 heterocycles. The van der Waals surface area contributed by atoms with E-state index in [1.165, 1.54) is 0 Å². The second-order valence-corrected chi connectivity index (χ2v) is 4.77. The van der Waals surface area contributed by atoms with E-state index in [2.05, 4.69) is 4.98 Å². The Balaban J connectivity index is 2.63. The van der Waals surface area contributed by atoms with E-state index in [1.54, 1.807) is 6.92 Å². The smallest absolute Gasteiger partial charge is 0.337 e. The van der Waals surface area contributed by atoms with Gasteiger partial charge < -0.3 is 10.8 Å². The zero-order valence-electron chi connectivity index (χ0n) is 10.3. The van der Waals surface area contributed by atoms with Crippen molar-refractivity contribution in [2.75, 3.05) is 5.73 Å². The summed E-state index contributed by atoms with van der Waals surface area (Å²) in [6.07, 6.45) is 4.38. The van der Waals surface area contributed by atoms with Crippen molar-refractivity contribution in [2.24, 2.45) is 0 Å². The van der Waals surface area contributed by atoms with Crippen LogP contribution in [0.1, 0.15) is 58.9 Å². The third kappa shape index (κ3) is 1.99. The van der Waals surface area contributed by atoms with Gasteiger partial charge in [0.25, 0.3) is 0 Å². The average molecular weight is 234 g/mol. The van der Waals surface area contributed by atoms with Crippen LogP contribution in [0.4, 0.5) is 5.69 Å². The van der Waals surface area contributed by atoms with Crippen LogP contribution < -0.4 is 5.73 Å². The largest absolute Gasteiger partial charge is 0.478 e. The van der Waals surface area contributed by atoms with Gasteiger partial charge in [0.1, 0.15) is 0 Å². The van der Waals surface area contributed by atoms with Gasteiger partial charge in [0.2, 0.25) is 0 Å². The van der Waals surface area contributed by atoms with Gasteiger partial charge in [-0.25, -0.2) is 4.79 Å². The minimum atomic E-state index is -0.913. The van der Waals surface area contributed by atoms with Crippen LogP contribution in [-0.4, -0.2) is 16.1 Å². The van der Waals surface area contributed by atoms with Crippen LogP contribution in [0.5, 0.6) is 0 Å². The quantitative estimate of drug-likeness (QED) is 0.824. The van der Waals surface area contributed by atoms with Crippen LogP contribution in [0, 0.1) is 13.8 Å². The van der Waals surface area contributed by atoms with Crippen molar-refractivity contribution in [3.05, 3.63) is 22.5 Å². The molecule has 0 aromatic carbocycles. The monoisotopic (exact) mass is 234 g/mol. The van der Waals surface area contributed by atoms with Crippen LogP contribution in [0.2, 0.25) is 0 Å². The Bertz CT molecular complexity index is 463. The first-order valence-electron chi connectivity index (χ1n) is 6.02. The van der Waals surface area contributed by atoms with Gasteiger partial charge >= 0.3 is 5.97 Å². The van der Waals surface area contributed by atoms with E-state index >= 15 is 0 Å². The Labute approximate surface area is 101 Å². The zero-order chi connectivity index (χ0) is 12.6. The number of nitrogens with two attached hydrogens (primary N) is 1. The molecule has 2 rings (SSSR count). The van der Waals surface area contributed by atoms with Crippen LogP contribution in [0.3, 0.4) is 0 Å². The molecule has 1 aliphatic rings. The summed E-state index contributed by atoms with van der Waals surface area (Å²) in [6, 6.07) is 0. The normalized spacial score (nSPS) is 16.4. The molecule has 0 spiro atoms. The first-order valence-corrected chi connectivity index (χ1v) is 6.02. The van der Waals surface area contributed by atoms with Crippen molar-refractivity contribution in [1.82, 2.24) is 4.98 Å². The summed E-state index contributed by atoms with van der Waals surface area (Å²) in [5.74, 6) is -0.620. The molecule has 1 aromatic heterocycles. The number of carbonyl (C=O) groups is 1. The number of rotatable bonds is 2. The predicted molar refractivity (Wildman–Crippen MR) is 66.3 cm³/mol. The lowest BCUT2D eigenvalue weighted by atomic mass is 9.90. The van der Waals surface area contributed by atoms with Gasteiger partial charge in [0.15, 0.2) is 0 Å². The Morgan fingerprint density at radius 1 is 1.29 bits per heavy atom. The van der Waals surface area contributed by atoms with E-state index < -0.39 is 5.97 Å². The molecule has 0 aliphatic heterocycles. The summed E-state index contributed by atoms with van der Waals surface area (Å²) in [5, 5.41) is 9.33. The lowest BCUT2D eigenvalue weighted by Crippen LogP contribution is -2.14. The lowest BCUT2D eigenvalue weighted by Gasteiger charge is -2.18. The molecule has 0 amide bonds. The van der Waals surface area contributed by atoms with E-state index in [4.69, 9.17) is 5.73 Å². The number of hydrogen-bond acceptors (Lipinski definition) is 3. The van der Waals surface area contributed by atoms with Crippen molar-refractivity contribution in [2.45, 2.75) is 45.4 Å². The second-order valence-electron chi connectivity index (χ2n) is 4.77. The molecular weight excluding hydrogens is 216 g/mol. The minimum absolute atomic E-state index is 0.293. The Morgan fingerprint density at radius 2 is 1.88 bits per heavy atom. The first kappa shape index (κ1) is 11.9. The lowest BCUT2D eigenvalue weighted by molar-refractivity contribution is 0.0694. The molecule has 0 atom stereocenters. The van der Waals surface area contributed by atoms with E-state index in [0.717, 1.165) is 36.9 Å². The van der Waals surface area contributed by atoms with E-state index in [0.29, 0.717) is 22.9 Å². The number of carboxylic acids is 1. The predicted octanol–water partition coefficient (Wildman–Crippen LogP) is 2.64. The summed E-state index contributed by atoms with van der Waals surface area (Å²) < 4.78 is 0. The number of nitrogen functional groups attached to an aromatic ring is 1. The van der Waals surface area contributed by atoms with Gasteiger partial charge in [-0.05, 0) is 38.2 Å². The van der Waals surface area contributed by atoms with E-state index in [9.17, 15) is 9.90 Å². The highest BCUT2D eigenvalue weighted by Crippen LogP contribution is 2.40. The maximum Gasteiger partial charge on any atom is 0.337 e. The van der Waals surface area contributed by atoms with Crippen LogP contribution in [0.25, 0.3) is 0 Å². The van der Waals surface area contributed by atoms with Crippen molar-refractivity contribution < 1.29 is 9.90 Å². The van der Waals surface area contributed by atoms with Gasteiger partial charge in [0, 0.05) is 0 Å². The molecule has 17 heavy (non-hydrogen) atoms. The maximum atomic E-state index is 11.4. The number of aromatic carboxylic acids is 1. The minimum Gasteiger partial charge on any atom is -0.478 e. The van der Waals surface area contributed by atoms with Gasteiger partial charge in [0.05, 0.1) is 22.6 Å². The molecule has 0 radical (unpaired) electrons. The fourth-order valence-corrected chi connectivity index (χ4v) is 2.80. The molecule has 4 nitrogen and oxygen atoms in total. The number of anilines is 1. The number of aromatic nitrogens is 1. The standard InChI is InChI=1S/C13H18N2O2/c1-7-10(13(16)17)11(9-5-3-4-6-9)12(14)8(2)15-7/h9H,3-6,14H2,1-2H3,(H,16,17). The molecule has 92 valence electrons. The van der Waals surface area contributed by atoms with Crippen LogP contribution in [-0.2, 0) is 0 Å². The van der Waals surface area contributed by atoms with Crippen molar-refractivity contribution >= 4 is 11.7 Å². The highest BCUT2D eigenvalue weighted by molar-refractivity contribution is 5.92. The summed E-state index contributed by atoms with van der Waals surface area (Å²) in [5.41, 5.74) is 9.07. The number of nitrogens with zero attached hydrogens (tertiary/aromatic N) is 1. The molecule has 4 heteroatoms. The van der Waals surface area contributed by atoms with E-state index in [-0.39, 0.29) is 0 Å². The maximum absolute atomic E-state index is 11.4. The van der Waals surface area contributed by atoms with Gasteiger partial charge in [-0.3, -0.25) is 4.98 Å². The highest BCUT2D eigenvalue weighted by Gasteiger charge is 2.27. The Morgan fingerprint density at radius 3 is 2.41 bits per heavy atom. The van der Waals surface area contributed by atoms with Crippen LogP contribution >= 0.6 is 0 Å². The summed E-state index contributed by atoms with van der Waals surface area (Å²) in [4.78, 5) is 15.6. The fourth-order valence-electron chi connectivity index (χ4n) is 2.80. The fraction of sp³-hybridized carbons (Fsp3) is 0.538. The summed E-state index contributed by atoms with van der Waals surface area (Å²) >= 11 is 0. The molecule has 1 saturated carbocycles. The first-order chi connectivity index (χ1) is 8.02. The van der Waals surface area contributed by atoms with Crippen LogP contribution in [0.15, 0.2) is 0 Å². The molecule has 1 aliphatic carbocycles. The topological polar surface area (TPSA) is 76.2 Å². The average Bonchev–Trinajstić information content (AvgIpc) is 2.75. The molecule has 0 saturated heterocycles. The molecule has 1 fully saturated rings. The van der Waals surface area contributed by atoms with Crippen molar-refractivity contribution in [3.63, 3.8) is 0 Å². The number of pyridine rings is 1. The number of hydrogen-bond donors (Lipinski definition) is 2. The summed E-state index contributed by atoms with van der Waals surface area (Å²) in [7, 11) is 0. The molecule has 3 N–H and O–H groups in total. The molecule has 1 aromatic rings. The van der Waals surface area contributed by atoms with Gasteiger partial charge in [-0.2, -0.15) is 0 Å². The third-order valence-corrected chi connectivity index (χ3v) is 3.62.